The number of hydrogen-bond acceptors (Lipinski definition) is 4. The lowest BCUT2D eigenvalue weighted by molar-refractivity contribution is -0.168. The van der Waals surface area contributed by atoms with E-state index in [4.69, 9.17) is 4.74 Å². The van der Waals surface area contributed by atoms with Crippen molar-refractivity contribution in [3.63, 3.8) is 0 Å². The zero-order chi connectivity index (χ0) is 18.1. The number of nitrogens with zero attached hydrogens (tertiary/aromatic N) is 2. The molecule has 2 aliphatic rings. The van der Waals surface area contributed by atoms with Crippen LogP contribution in [0.3, 0.4) is 0 Å². The van der Waals surface area contributed by atoms with E-state index in [2.05, 4.69) is 24.1 Å². The normalized spacial score (nSPS) is 27.7. The molecule has 1 spiro atoms. The van der Waals surface area contributed by atoms with E-state index in [1.165, 1.54) is 6.26 Å². The summed E-state index contributed by atoms with van der Waals surface area (Å²) in [5.41, 5.74) is 0.934. The molecule has 0 radical (unpaired) electrons. The highest BCUT2D eigenvalue weighted by Gasteiger charge is 2.46. The number of benzene rings is 1. The minimum absolute atomic E-state index is 0.00219. The van der Waals surface area contributed by atoms with Crippen molar-refractivity contribution < 1.29 is 13.2 Å². The number of piperidine rings is 1. The summed E-state index contributed by atoms with van der Waals surface area (Å²) >= 11 is 0. The van der Waals surface area contributed by atoms with Crippen LogP contribution in [0.25, 0.3) is 0 Å². The molecule has 0 unspecified atom stereocenters. The van der Waals surface area contributed by atoms with Gasteiger partial charge in [-0.1, -0.05) is 37.3 Å². The topological polar surface area (TPSA) is 49.9 Å². The number of hydrogen-bond donors (Lipinski definition) is 0. The molecule has 0 aromatic heterocycles. The van der Waals surface area contributed by atoms with Gasteiger partial charge in [0, 0.05) is 25.7 Å². The monoisotopic (exact) mass is 366 g/mol. The highest BCUT2D eigenvalue weighted by Crippen LogP contribution is 2.44. The summed E-state index contributed by atoms with van der Waals surface area (Å²) in [7, 11) is -1.08. The summed E-state index contributed by atoms with van der Waals surface area (Å²) < 4.78 is 32.9. The SMILES string of the molecule is CCN([C@H]1C[C@@H](c2ccccc2)OC2(CCN(C)CC2)C1)S(C)(=O)=O. The summed E-state index contributed by atoms with van der Waals surface area (Å²) in [6.45, 7) is 4.44. The van der Waals surface area contributed by atoms with Gasteiger partial charge in [0.1, 0.15) is 0 Å². The molecule has 2 heterocycles. The van der Waals surface area contributed by atoms with Gasteiger partial charge >= 0.3 is 0 Å². The van der Waals surface area contributed by atoms with Crippen molar-refractivity contribution in [3.05, 3.63) is 35.9 Å². The molecule has 3 rings (SSSR count). The highest BCUT2D eigenvalue weighted by molar-refractivity contribution is 7.88. The molecule has 2 aliphatic heterocycles. The van der Waals surface area contributed by atoms with Crippen LogP contribution in [0.15, 0.2) is 30.3 Å². The minimum Gasteiger partial charge on any atom is -0.367 e. The van der Waals surface area contributed by atoms with Crippen LogP contribution in [0.5, 0.6) is 0 Å². The Balaban J connectivity index is 1.91. The number of rotatable bonds is 4. The Hall–Kier alpha value is -0.950. The van der Waals surface area contributed by atoms with Crippen LogP contribution in [0.4, 0.5) is 0 Å². The van der Waals surface area contributed by atoms with Crippen LogP contribution in [-0.2, 0) is 14.8 Å². The molecular weight excluding hydrogens is 336 g/mol. The van der Waals surface area contributed by atoms with E-state index < -0.39 is 10.0 Å². The molecule has 140 valence electrons. The summed E-state index contributed by atoms with van der Waals surface area (Å²) in [6, 6.07) is 10.2. The Morgan fingerprint density at radius 1 is 1.24 bits per heavy atom. The molecule has 2 atom stereocenters. The Morgan fingerprint density at radius 3 is 2.44 bits per heavy atom. The van der Waals surface area contributed by atoms with Gasteiger partial charge in [0.2, 0.25) is 10.0 Å². The fourth-order valence-electron chi connectivity index (χ4n) is 4.36. The molecule has 25 heavy (non-hydrogen) atoms. The largest absolute Gasteiger partial charge is 0.367 e. The molecule has 0 amide bonds. The van der Waals surface area contributed by atoms with Crippen molar-refractivity contribution in [2.24, 2.45) is 0 Å². The lowest BCUT2D eigenvalue weighted by atomic mass is 9.80. The molecular formula is C19H30N2O3S. The predicted octanol–water partition coefficient (Wildman–Crippen LogP) is 2.65. The minimum atomic E-state index is -3.22. The first-order valence-electron chi connectivity index (χ1n) is 9.21. The summed E-state index contributed by atoms with van der Waals surface area (Å²) in [6.07, 6.45) is 4.73. The molecule has 2 saturated heterocycles. The molecule has 1 aromatic carbocycles. The number of likely N-dealkylation sites (tertiary alicyclic amines) is 1. The maximum Gasteiger partial charge on any atom is 0.211 e. The molecule has 0 saturated carbocycles. The van der Waals surface area contributed by atoms with Crippen LogP contribution in [0, 0.1) is 0 Å². The summed E-state index contributed by atoms with van der Waals surface area (Å²) in [5.74, 6) is 0. The van der Waals surface area contributed by atoms with E-state index in [-0.39, 0.29) is 17.7 Å². The quantitative estimate of drug-likeness (QED) is 0.822. The van der Waals surface area contributed by atoms with Crippen molar-refractivity contribution in [1.29, 1.82) is 0 Å². The maximum absolute atomic E-state index is 12.3. The van der Waals surface area contributed by atoms with Crippen molar-refractivity contribution in [2.45, 2.75) is 50.4 Å². The summed E-state index contributed by atoms with van der Waals surface area (Å²) in [5, 5.41) is 0. The molecule has 1 aromatic rings. The van der Waals surface area contributed by atoms with Crippen molar-refractivity contribution >= 4 is 10.0 Å². The van der Waals surface area contributed by atoms with Gasteiger partial charge in [0.15, 0.2) is 0 Å². The summed E-state index contributed by atoms with van der Waals surface area (Å²) in [4.78, 5) is 2.32. The molecule has 6 heteroatoms. The third kappa shape index (κ3) is 4.25. The van der Waals surface area contributed by atoms with E-state index in [1.807, 2.05) is 25.1 Å². The van der Waals surface area contributed by atoms with Crippen LogP contribution in [0.1, 0.15) is 44.3 Å². The van der Waals surface area contributed by atoms with E-state index in [9.17, 15) is 8.42 Å². The van der Waals surface area contributed by atoms with Crippen LogP contribution < -0.4 is 0 Å². The van der Waals surface area contributed by atoms with Gasteiger partial charge in [-0.3, -0.25) is 0 Å². The van der Waals surface area contributed by atoms with E-state index in [0.717, 1.165) is 44.3 Å². The van der Waals surface area contributed by atoms with Crippen LogP contribution in [-0.4, -0.2) is 62.2 Å². The zero-order valence-electron chi connectivity index (χ0n) is 15.5. The Labute approximate surface area is 152 Å². The number of ether oxygens (including phenoxy) is 1. The zero-order valence-corrected chi connectivity index (χ0v) is 16.3. The van der Waals surface area contributed by atoms with Crippen LogP contribution >= 0.6 is 0 Å². The first kappa shape index (κ1) is 18.8. The Bertz CT molecular complexity index is 669. The fourth-order valence-corrected chi connectivity index (χ4v) is 5.53. The van der Waals surface area contributed by atoms with E-state index in [1.54, 1.807) is 4.31 Å². The van der Waals surface area contributed by atoms with E-state index in [0.29, 0.717) is 6.54 Å². The van der Waals surface area contributed by atoms with Gasteiger partial charge in [-0.15, -0.1) is 0 Å². The second kappa shape index (κ2) is 7.35. The molecule has 0 bridgehead atoms. The smallest absolute Gasteiger partial charge is 0.211 e. The van der Waals surface area contributed by atoms with Crippen molar-refractivity contribution in [1.82, 2.24) is 9.21 Å². The second-order valence-electron chi connectivity index (χ2n) is 7.56. The third-order valence-electron chi connectivity index (χ3n) is 5.70. The lowest BCUT2D eigenvalue weighted by Crippen LogP contribution is -2.54. The van der Waals surface area contributed by atoms with Gasteiger partial charge in [0.05, 0.1) is 18.0 Å². The van der Waals surface area contributed by atoms with E-state index >= 15 is 0 Å². The number of sulfonamides is 1. The molecule has 2 fully saturated rings. The highest BCUT2D eigenvalue weighted by atomic mass is 32.2. The predicted molar refractivity (Wildman–Crippen MR) is 100.0 cm³/mol. The Morgan fingerprint density at radius 2 is 1.88 bits per heavy atom. The molecule has 0 aliphatic carbocycles. The molecule has 0 N–H and O–H groups in total. The third-order valence-corrected chi connectivity index (χ3v) is 7.11. The van der Waals surface area contributed by atoms with Gasteiger partial charge in [-0.2, -0.15) is 4.31 Å². The molecule has 5 nitrogen and oxygen atoms in total. The van der Waals surface area contributed by atoms with Crippen molar-refractivity contribution in [3.8, 4) is 0 Å². The van der Waals surface area contributed by atoms with Crippen LogP contribution in [0.2, 0.25) is 0 Å². The van der Waals surface area contributed by atoms with Gasteiger partial charge < -0.3 is 9.64 Å². The second-order valence-corrected chi connectivity index (χ2v) is 9.50. The van der Waals surface area contributed by atoms with Gasteiger partial charge in [-0.05, 0) is 38.3 Å². The van der Waals surface area contributed by atoms with Gasteiger partial charge in [0.25, 0.3) is 0 Å². The van der Waals surface area contributed by atoms with Gasteiger partial charge in [-0.25, -0.2) is 8.42 Å². The Kier molecular flexibility index (Phi) is 5.54. The fraction of sp³-hybridized carbons (Fsp3) is 0.684. The maximum atomic E-state index is 12.3. The average Bonchev–Trinajstić information content (AvgIpc) is 2.58. The first-order valence-corrected chi connectivity index (χ1v) is 11.1. The average molecular weight is 367 g/mol. The lowest BCUT2D eigenvalue weighted by Gasteiger charge is -2.50. The standard InChI is InChI=1S/C19H30N2O3S/c1-4-21(25(3,22)23)17-14-18(16-8-6-5-7-9-16)24-19(15-17)10-12-20(2)13-11-19/h5-9,17-18H,4,10-15H2,1-3H3/t17-,18-/m0/s1. The first-order chi connectivity index (χ1) is 11.8. The van der Waals surface area contributed by atoms with Crippen molar-refractivity contribution in [2.75, 3.05) is 32.9 Å².